The number of hydrogen-bond donors (Lipinski definition) is 0. The Labute approximate surface area is 170 Å². The van der Waals surface area contributed by atoms with Crippen molar-refractivity contribution in [3.05, 3.63) is 53.9 Å². The molecule has 2 aliphatic rings. The number of halogens is 3. The second-order valence-electron chi connectivity index (χ2n) is 7.45. The number of benzene rings is 1. The van der Waals surface area contributed by atoms with Gasteiger partial charge in [0.05, 0.1) is 17.8 Å². The van der Waals surface area contributed by atoms with Gasteiger partial charge in [0.2, 0.25) is 0 Å². The van der Waals surface area contributed by atoms with Gasteiger partial charge in [-0.15, -0.1) is 0 Å². The number of likely N-dealkylation sites (tertiary alicyclic amines) is 1. The van der Waals surface area contributed by atoms with Crippen molar-refractivity contribution >= 4 is 17.5 Å². The van der Waals surface area contributed by atoms with Gasteiger partial charge < -0.3 is 14.5 Å². The normalized spacial score (nSPS) is 20.5. The number of carbonyl (C=O) groups is 2. The van der Waals surface area contributed by atoms with Crippen LogP contribution in [0.2, 0.25) is 0 Å². The monoisotopic (exact) mass is 420 g/mol. The Balaban J connectivity index is 1.53. The average Bonchev–Trinajstić information content (AvgIpc) is 2.72. The highest BCUT2D eigenvalue weighted by atomic mass is 19.3. The molecular formula is C20H19F3N4O3. The molecule has 30 heavy (non-hydrogen) atoms. The van der Waals surface area contributed by atoms with Gasteiger partial charge in [0, 0.05) is 31.2 Å². The van der Waals surface area contributed by atoms with E-state index in [4.69, 9.17) is 4.74 Å². The van der Waals surface area contributed by atoms with Crippen LogP contribution in [0.4, 0.5) is 18.9 Å². The first kappa shape index (κ1) is 20.3. The maximum Gasteiger partial charge on any atom is 0.437 e. The van der Waals surface area contributed by atoms with Crippen molar-refractivity contribution in [2.75, 3.05) is 24.5 Å². The summed E-state index contributed by atoms with van der Waals surface area (Å²) in [5.74, 6) is -2.36. The maximum atomic E-state index is 14.4. The molecule has 0 unspecified atom stereocenters. The highest BCUT2D eigenvalue weighted by molar-refractivity contribution is 5.98. The first-order valence-electron chi connectivity index (χ1n) is 9.43. The zero-order valence-electron chi connectivity index (χ0n) is 16.1. The summed E-state index contributed by atoms with van der Waals surface area (Å²) in [4.78, 5) is 35.5. The number of ether oxygens (including phenoxy) is 1. The van der Waals surface area contributed by atoms with E-state index in [1.165, 1.54) is 29.4 Å². The molecule has 0 aliphatic carbocycles. The largest absolute Gasteiger partial charge is 0.437 e. The van der Waals surface area contributed by atoms with Crippen molar-refractivity contribution in [2.24, 2.45) is 0 Å². The van der Waals surface area contributed by atoms with E-state index in [1.807, 2.05) is 0 Å². The summed E-state index contributed by atoms with van der Waals surface area (Å²) in [6, 6.07) is 4.76. The van der Waals surface area contributed by atoms with Crippen LogP contribution in [-0.2, 0) is 9.53 Å². The summed E-state index contributed by atoms with van der Waals surface area (Å²) in [6.07, 6.45) is -0.892. The lowest BCUT2D eigenvalue weighted by Gasteiger charge is -2.48. The molecule has 158 valence electrons. The summed E-state index contributed by atoms with van der Waals surface area (Å²) in [5.41, 5.74) is -0.458. The molecule has 2 aliphatic heterocycles. The van der Waals surface area contributed by atoms with Crippen molar-refractivity contribution in [3.8, 4) is 0 Å². The lowest BCUT2D eigenvalue weighted by atomic mass is 9.88. The van der Waals surface area contributed by atoms with Crippen LogP contribution < -0.4 is 4.90 Å². The third-order valence-corrected chi connectivity index (χ3v) is 5.47. The molecule has 0 N–H and O–H groups in total. The standard InChI is InChI=1S/C20H19F3N4O3/c1-13-16(25-9-8-24-13)17(28)26-10-6-19(7-11-26)12-27(18(29)20(22,23)30-19)15-4-2-14(21)3-5-15/h2-5,8-9H,6-7,10-12H2,1H3. The molecule has 7 nitrogen and oxygen atoms in total. The number of hydrogen-bond acceptors (Lipinski definition) is 5. The summed E-state index contributed by atoms with van der Waals surface area (Å²) in [7, 11) is 0. The van der Waals surface area contributed by atoms with E-state index in [2.05, 4.69) is 9.97 Å². The van der Waals surface area contributed by atoms with Crippen LogP contribution in [0, 0.1) is 12.7 Å². The minimum absolute atomic E-state index is 0.110. The molecule has 10 heteroatoms. The molecule has 1 aromatic carbocycles. The van der Waals surface area contributed by atoms with E-state index in [9.17, 15) is 22.8 Å². The predicted molar refractivity (Wildman–Crippen MR) is 99.4 cm³/mol. The fourth-order valence-corrected chi connectivity index (χ4v) is 3.84. The summed E-state index contributed by atoms with van der Waals surface area (Å²) in [5, 5.41) is 0. The molecule has 2 amide bonds. The Bertz CT molecular complexity index is 976. The van der Waals surface area contributed by atoms with Gasteiger partial charge in [-0.05, 0) is 44.0 Å². The molecule has 0 atom stereocenters. The van der Waals surface area contributed by atoms with Gasteiger partial charge in [-0.1, -0.05) is 0 Å². The van der Waals surface area contributed by atoms with Crippen LogP contribution in [0.15, 0.2) is 36.7 Å². The zero-order valence-corrected chi connectivity index (χ0v) is 16.1. The van der Waals surface area contributed by atoms with Gasteiger partial charge >= 0.3 is 12.0 Å². The molecule has 0 bridgehead atoms. The number of anilines is 1. The summed E-state index contributed by atoms with van der Waals surface area (Å²) < 4.78 is 47.1. The number of morpholine rings is 1. The number of aromatic nitrogens is 2. The molecule has 2 saturated heterocycles. The fraction of sp³-hybridized carbons (Fsp3) is 0.400. The minimum Gasteiger partial charge on any atom is -0.337 e. The van der Waals surface area contributed by atoms with E-state index in [0.29, 0.717) is 5.69 Å². The third-order valence-electron chi connectivity index (χ3n) is 5.47. The van der Waals surface area contributed by atoms with Crippen LogP contribution in [0.25, 0.3) is 0 Å². The number of nitrogens with zero attached hydrogens (tertiary/aromatic N) is 4. The molecule has 0 saturated carbocycles. The highest BCUT2D eigenvalue weighted by Gasteiger charge is 2.57. The van der Waals surface area contributed by atoms with Crippen LogP contribution >= 0.6 is 0 Å². The summed E-state index contributed by atoms with van der Waals surface area (Å²) in [6.45, 7) is 1.88. The number of alkyl halides is 2. The SMILES string of the molecule is Cc1nccnc1C(=O)N1CCC2(CC1)CN(c1ccc(F)cc1)C(=O)C(F)(F)O2. The Kier molecular flexibility index (Phi) is 4.97. The lowest BCUT2D eigenvalue weighted by molar-refractivity contribution is -0.292. The summed E-state index contributed by atoms with van der Waals surface area (Å²) >= 11 is 0. The lowest BCUT2D eigenvalue weighted by Crippen LogP contribution is -2.65. The third kappa shape index (κ3) is 3.62. The van der Waals surface area contributed by atoms with Crippen LogP contribution in [0.3, 0.4) is 0 Å². The van der Waals surface area contributed by atoms with Gasteiger partial charge in [-0.3, -0.25) is 14.6 Å². The maximum absolute atomic E-state index is 14.4. The molecule has 0 radical (unpaired) electrons. The molecule has 2 aromatic rings. The van der Waals surface area contributed by atoms with E-state index < -0.39 is 23.4 Å². The van der Waals surface area contributed by atoms with Crippen molar-refractivity contribution in [1.82, 2.24) is 14.9 Å². The van der Waals surface area contributed by atoms with Crippen LogP contribution in [0.1, 0.15) is 29.0 Å². The Morgan fingerprint density at radius 2 is 1.73 bits per heavy atom. The quantitative estimate of drug-likeness (QED) is 0.747. The Morgan fingerprint density at radius 1 is 1.10 bits per heavy atom. The van der Waals surface area contributed by atoms with Gasteiger partial charge in [-0.2, -0.15) is 8.78 Å². The Hall–Kier alpha value is -3.01. The zero-order chi connectivity index (χ0) is 21.5. The van der Waals surface area contributed by atoms with E-state index in [1.54, 1.807) is 6.92 Å². The molecule has 1 spiro atoms. The van der Waals surface area contributed by atoms with E-state index >= 15 is 0 Å². The number of carbonyl (C=O) groups excluding carboxylic acids is 2. The predicted octanol–water partition coefficient (Wildman–Crippen LogP) is 2.56. The first-order valence-corrected chi connectivity index (χ1v) is 9.43. The average molecular weight is 420 g/mol. The van der Waals surface area contributed by atoms with Crippen LogP contribution in [0.5, 0.6) is 0 Å². The van der Waals surface area contributed by atoms with E-state index in [0.717, 1.165) is 17.0 Å². The van der Waals surface area contributed by atoms with Gasteiger partial charge in [-0.25, -0.2) is 9.37 Å². The highest BCUT2D eigenvalue weighted by Crippen LogP contribution is 2.40. The number of rotatable bonds is 2. The van der Waals surface area contributed by atoms with Crippen molar-refractivity contribution in [2.45, 2.75) is 31.5 Å². The van der Waals surface area contributed by atoms with Gasteiger partial charge in [0.25, 0.3) is 5.91 Å². The molecule has 2 fully saturated rings. The first-order chi connectivity index (χ1) is 14.2. The van der Waals surface area contributed by atoms with Gasteiger partial charge in [0.15, 0.2) is 0 Å². The molecule has 3 heterocycles. The van der Waals surface area contributed by atoms with Crippen molar-refractivity contribution in [3.63, 3.8) is 0 Å². The molecule has 4 rings (SSSR count). The van der Waals surface area contributed by atoms with Crippen LogP contribution in [-0.4, -0.2) is 58.0 Å². The second kappa shape index (κ2) is 7.35. The second-order valence-corrected chi connectivity index (χ2v) is 7.45. The molecule has 1 aromatic heterocycles. The molecular weight excluding hydrogens is 401 g/mol. The van der Waals surface area contributed by atoms with Crippen molar-refractivity contribution in [1.29, 1.82) is 0 Å². The topological polar surface area (TPSA) is 75.6 Å². The van der Waals surface area contributed by atoms with Crippen molar-refractivity contribution < 1.29 is 27.5 Å². The fourth-order valence-electron chi connectivity index (χ4n) is 3.84. The minimum atomic E-state index is -4.01. The smallest absolute Gasteiger partial charge is 0.337 e. The Morgan fingerprint density at radius 3 is 2.37 bits per heavy atom. The number of amides is 2. The number of aryl methyl sites for hydroxylation is 1. The van der Waals surface area contributed by atoms with Gasteiger partial charge in [0.1, 0.15) is 11.5 Å². The van der Waals surface area contributed by atoms with E-state index in [-0.39, 0.29) is 49.8 Å². The number of piperidine rings is 1.